The van der Waals surface area contributed by atoms with Crippen molar-refractivity contribution in [2.75, 3.05) is 20.3 Å². The normalized spacial score (nSPS) is 18.9. The molecule has 1 atom stereocenters. The van der Waals surface area contributed by atoms with Crippen LogP contribution < -0.4 is 15.2 Å². The van der Waals surface area contributed by atoms with Gasteiger partial charge in [0.05, 0.1) is 26.2 Å². The summed E-state index contributed by atoms with van der Waals surface area (Å²) in [5.74, 6) is 0.123. The van der Waals surface area contributed by atoms with Crippen LogP contribution in [0.5, 0.6) is 11.5 Å². The van der Waals surface area contributed by atoms with E-state index in [1.54, 1.807) is 12.1 Å². The second kappa shape index (κ2) is 8.90. The first-order valence-electron chi connectivity index (χ1n) is 9.53. The van der Waals surface area contributed by atoms with Crippen molar-refractivity contribution < 1.29 is 28.5 Å². The highest BCUT2D eigenvalue weighted by Crippen LogP contribution is 2.48. The number of allylic oxidation sites excluding steroid dienone is 2. The fourth-order valence-electron chi connectivity index (χ4n) is 3.68. The first kappa shape index (κ1) is 21.2. The molecule has 0 saturated carbocycles. The number of methoxy groups -OCH3 is 1. The number of Topliss-reactive ketones (excluding diaryl/α,β-unsaturated/α-hetero) is 1. The predicted octanol–water partition coefficient (Wildman–Crippen LogP) is 3.71. The molecule has 0 saturated heterocycles. The Kier molecular flexibility index (Phi) is 6.52. The highest BCUT2D eigenvalue weighted by atomic mass is 79.9. The predicted molar refractivity (Wildman–Crippen MR) is 109 cm³/mol. The molecule has 2 N–H and O–H groups in total. The molecule has 0 fully saturated rings. The van der Waals surface area contributed by atoms with Crippen LogP contribution >= 0.6 is 15.9 Å². The minimum absolute atomic E-state index is 0.0472. The summed E-state index contributed by atoms with van der Waals surface area (Å²) in [6, 6.07) is 3.55. The summed E-state index contributed by atoms with van der Waals surface area (Å²) in [6.07, 6.45) is 1.65. The van der Waals surface area contributed by atoms with Crippen molar-refractivity contribution in [2.45, 2.75) is 39.0 Å². The molecule has 1 aliphatic carbocycles. The summed E-state index contributed by atoms with van der Waals surface area (Å²) < 4.78 is 22.7. The Hall–Kier alpha value is -2.48. The van der Waals surface area contributed by atoms with Gasteiger partial charge in [-0.1, -0.05) is 15.9 Å². The van der Waals surface area contributed by atoms with Gasteiger partial charge in [0.25, 0.3) is 0 Å². The third-order valence-electron chi connectivity index (χ3n) is 4.86. The molecule has 0 amide bonds. The van der Waals surface area contributed by atoms with E-state index in [9.17, 15) is 9.59 Å². The lowest BCUT2D eigenvalue weighted by Crippen LogP contribution is -2.31. The average molecular weight is 466 g/mol. The van der Waals surface area contributed by atoms with E-state index in [4.69, 9.17) is 24.7 Å². The van der Waals surface area contributed by atoms with Crippen molar-refractivity contribution in [2.24, 2.45) is 5.73 Å². The molecule has 1 aromatic carbocycles. The number of rotatable bonds is 6. The number of carbonyl (C=O) groups excluding carboxylic acids is 2. The van der Waals surface area contributed by atoms with E-state index in [0.29, 0.717) is 65.3 Å². The molecule has 29 heavy (non-hydrogen) atoms. The van der Waals surface area contributed by atoms with Crippen LogP contribution in [0.15, 0.2) is 39.4 Å². The highest BCUT2D eigenvalue weighted by Gasteiger charge is 2.42. The maximum absolute atomic E-state index is 12.8. The Morgan fingerprint density at radius 3 is 2.48 bits per heavy atom. The lowest BCUT2D eigenvalue weighted by atomic mass is 9.77. The topological polar surface area (TPSA) is 97.1 Å². The van der Waals surface area contributed by atoms with E-state index < -0.39 is 11.9 Å². The van der Waals surface area contributed by atoms with Crippen LogP contribution in [-0.2, 0) is 19.1 Å². The first-order chi connectivity index (χ1) is 13.9. The van der Waals surface area contributed by atoms with E-state index >= 15 is 0 Å². The van der Waals surface area contributed by atoms with Gasteiger partial charge in [-0.05, 0) is 38.0 Å². The van der Waals surface area contributed by atoms with E-state index in [-0.39, 0.29) is 17.2 Å². The fraction of sp³-hybridized carbons (Fsp3) is 0.429. The number of nitrogens with two attached hydrogens (primary N) is 1. The van der Waals surface area contributed by atoms with E-state index in [1.807, 2.05) is 13.8 Å². The molecule has 156 valence electrons. The maximum Gasteiger partial charge on any atom is 0.340 e. The Labute approximate surface area is 177 Å². The standard InChI is InChI=1S/C21H24BrNO6/c1-4-27-15-9-11(12(22)10-16(15)28-5-2)17-18-13(24)7-6-8-14(18)29-20(23)19(17)21(25)26-3/h9-10,17H,4-8,23H2,1-3H3/t17-/m0/s1. The maximum atomic E-state index is 12.8. The lowest BCUT2D eigenvalue weighted by Gasteiger charge is -2.33. The molecule has 1 aliphatic heterocycles. The van der Waals surface area contributed by atoms with Crippen molar-refractivity contribution in [1.29, 1.82) is 0 Å². The van der Waals surface area contributed by atoms with Gasteiger partial charge in [0.2, 0.25) is 5.88 Å². The van der Waals surface area contributed by atoms with Gasteiger partial charge in [-0.15, -0.1) is 0 Å². The van der Waals surface area contributed by atoms with Crippen molar-refractivity contribution in [1.82, 2.24) is 0 Å². The van der Waals surface area contributed by atoms with Crippen molar-refractivity contribution in [3.8, 4) is 11.5 Å². The molecule has 1 aromatic rings. The first-order valence-corrected chi connectivity index (χ1v) is 10.3. The number of hydrogen-bond acceptors (Lipinski definition) is 7. The van der Waals surface area contributed by atoms with Gasteiger partial charge >= 0.3 is 5.97 Å². The molecule has 8 heteroatoms. The molecule has 0 unspecified atom stereocenters. The summed E-state index contributed by atoms with van der Waals surface area (Å²) in [4.78, 5) is 25.4. The summed E-state index contributed by atoms with van der Waals surface area (Å²) in [5.41, 5.74) is 7.31. The van der Waals surface area contributed by atoms with Gasteiger partial charge < -0.3 is 24.7 Å². The molecule has 7 nitrogen and oxygen atoms in total. The zero-order valence-corrected chi connectivity index (χ0v) is 18.3. The van der Waals surface area contributed by atoms with Gasteiger partial charge in [-0.25, -0.2) is 4.79 Å². The summed E-state index contributed by atoms with van der Waals surface area (Å²) >= 11 is 3.57. The van der Waals surface area contributed by atoms with Crippen molar-refractivity contribution in [3.63, 3.8) is 0 Å². The Morgan fingerprint density at radius 2 is 1.86 bits per heavy atom. The van der Waals surface area contributed by atoms with Gasteiger partial charge in [-0.2, -0.15) is 0 Å². The third kappa shape index (κ3) is 3.99. The number of ether oxygens (including phenoxy) is 4. The molecule has 3 rings (SSSR count). The number of esters is 1. The number of benzene rings is 1. The van der Waals surface area contributed by atoms with Crippen LogP contribution in [0.25, 0.3) is 0 Å². The smallest absolute Gasteiger partial charge is 0.340 e. The Balaban J connectivity index is 2.24. The van der Waals surface area contributed by atoms with Gasteiger partial charge in [0, 0.05) is 22.9 Å². The Bertz CT molecular complexity index is 905. The number of halogens is 1. The lowest BCUT2D eigenvalue weighted by molar-refractivity contribution is -0.136. The van der Waals surface area contributed by atoms with Crippen molar-refractivity contribution in [3.05, 3.63) is 45.0 Å². The number of ketones is 1. The fourth-order valence-corrected chi connectivity index (χ4v) is 4.24. The van der Waals surface area contributed by atoms with Gasteiger partial charge in [0.15, 0.2) is 17.3 Å². The highest BCUT2D eigenvalue weighted by molar-refractivity contribution is 9.10. The second-order valence-corrected chi connectivity index (χ2v) is 7.46. The zero-order chi connectivity index (χ0) is 21.1. The summed E-state index contributed by atoms with van der Waals surface area (Å²) in [7, 11) is 1.27. The number of carbonyl (C=O) groups is 2. The van der Waals surface area contributed by atoms with Crippen LogP contribution in [0.4, 0.5) is 0 Å². The van der Waals surface area contributed by atoms with E-state index in [1.165, 1.54) is 7.11 Å². The monoisotopic (exact) mass is 465 g/mol. The molecule has 0 spiro atoms. The van der Waals surface area contributed by atoms with Crippen LogP contribution in [0.2, 0.25) is 0 Å². The minimum atomic E-state index is -0.719. The molecule has 0 bridgehead atoms. The van der Waals surface area contributed by atoms with Crippen LogP contribution in [0.1, 0.15) is 44.6 Å². The zero-order valence-electron chi connectivity index (χ0n) is 16.7. The summed E-state index contributed by atoms with van der Waals surface area (Å²) in [5, 5.41) is 0. The van der Waals surface area contributed by atoms with Crippen molar-refractivity contribution >= 4 is 27.7 Å². The molecule has 0 aromatic heterocycles. The molecule has 1 heterocycles. The number of hydrogen-bond donors (Lipinski definition) is 1. The molecule has 0 radical (unpaired) electrons. The van der Waals surface area contributed by atoms with Crippen LogP contribution in [-0.4, -0.2) is 32.1 Å². The van der Waals surface area contributed by atoms with Gasteiger partial charge in [-0.3, -0.25) is 4.79 Å². The van der Waals surface area contributed by atoms with Gasteiger partial charge in [0.1, 0.15) is 11.3 Å². The molecular weight excluding hydrogens is 442 g/mol. The minimum Gasteiger partial charge on any atom is -0.490 e. The molecule has 2 aliphatic rings. The third-order valence-corrected chi connectivity index (χ3v) is 5.55. The average Bonchev–Trinajstić information content (AvgIpc) is 2.69. The SMILES string of the molecule is CCOc1cc(Br)c([C@@H]2C(C(=O)OC)=C(N)OC3=C2C(=O)CCC3)cc1OCC. The van der Waals surface area contributed by atoms with Crippen LogP contribution in [0.3, 0.4) is 0 Å². The van der Waals surface area contributed by atoms with E-state index in [2.05, 4.69) is 15.9 Å². The molecular formula is C21H24BrNO6. The quantitative estimate of drug-likeness (QED) is 0.639. The summed E-state index contributed by atoms with van der Waals surface area (Å²) in [6.45, 7) is 4.66. The van der Waals surface area contributed by atoms with Crippen LogP contribution in [0, 0.1) is 0 Å². The largest absolute Gasteiger partial charge is 0.490 e. The Morgan fingerprint density at radius 1 is 1.21 bits per heavy atom. The van der Waals surface area contributed by atoms with E-state index in [0.717, 1.165) is 0 Å². The second-order valence-electron chi connectivity index (χ2n) is 6.60.